The Kier molecular flexibility index (Phi) is 2.89. The number of para-hydroxylation sites is 2. The summed E-state index contributed by atoms with van der Waals surface area (Å²) in [6, 6.07) is 7.41. The van der Waals surface area contributed by atoms with E-state index in [2.05, 4.69) is 4.98 Å². The Labute approximate surface area is 111 Å². The lowest BCUT2D eigenvalue weighted by atomic mass is 10.1. The molecule has 5 nitrogen and oxygen atoms in total. The SMILES string of the molecule is O=C(CC1CCS(=O)(=O)C1)n1cnc2ccccc21. The van der Waals surface area contributed by atoms with Gasteiger partial charge in [-0.25, -0.2) is 13.4 Å². The Bertz CT molecular complexity index is 733. The fourth-order valence-electron chi connectivity index (χ4n) is 2.54. The van der Waals surface area contributed by atoms with Crippen molar-refractivity contribution in [2.45, 2.75) is 12.8 Å². The molecular formula is C13H14N2O3S. The molecule has 1 fully saturated rings. The zero-order valence-corrected chi connectivity index (χ0v) is 11.1. The molecular weight excluding hydrogens is 264 g/mol. The van der Waals surface area contributed by atoms with Crippen molar-refractivity contribution in [2.24, 2.45) is 5.92 Å². The van der Waals surface area contributed by atoms with E-state index in [0.717, 1.165) is 11.0 Å². The molecule has 0 radical (unpaired) electrons. The monoisotopic (exact) mass is 278 g/mol. The average Bonchev–Trinajstić information content (AvgIpc) is 2.92. The van der Waals surface area contributed by atoms with Crippen molar-refractivity contribution in [1.29, 1.82) is 0 Å². The molecule has 6 heteroatoms. The van der Waals surface area contributed by atoms with Crippen molar-refractivity contribution in [2.75, 3.05) is 11.5 Å². The summed E-state index contributed by atoms with van der Waals surface area (Å²) in [5.41, 5.74) is 1.54. The first-order chi connectivity index (χ1) is 9.05. The van der Waals surface area contributed by atoms with Gasteiger partial charge in [-0.2, -0.15) is 0 Å². The van der Waals surface area contributed by atoms with E-state index >= 15 is 0 Å². The molecule has 1 unspecified atom stereocenters. The molecule has 0 N–H and O–H groups in total. The van der Waals surface area contributed by atoms with Gasteiger partial charge in [0.05, 0.1) is 22.5 Å². The van der Waals surface area contributed by atoms with E-state index < -0.39 is 9.84 Å². The molecule has 2 aromatic rings. The minimum Gasteiger partial charge on any atom is -0.274 e. The van der Waals surface area contributed by atoms with E-state index in [1.165, 1.54) is 10.9 Å². The molecule has 0 aliphatic carbocycles. The minimum atomic E-state index is -2.93. The van der Waals surface area contributed by atoms with Crippen molar-refractivity contribution < 1.29 is 13.2 Å². The fourth-order valence-corrected chi connectivity index (χ4v) is 4.40. The van der Waals surface area contributed by atoms with Crippen LogP contribution < -0.4 is 0 Å². The number of benzene rings is 1. The molecule has 0 amide bonds. The molecule has 3 rings (SSSR count). The Hall–Kier alpha value is -1.69. The summed E-state index contributed by atoms with van der Waals surface area (Å²) >= 11 is 0. The smallest absolute Gasteiger partial charge is 0.232 e. The predicted molar refractivity (Wildman–Crippen MR) is 71.7 cm³/mol. The van der Waals surface area contributed by atoms with Gasteiger partial charge in [-0.1, -0.05) is 12.1 Å². The van der Waals surface area contributed by atoms with E-state index in [4.69, 9.17) is 0 Å². The number of nitrogens with zero attached hydrogens (tertiary/aromatic N) is 2. The van der Waals surface area contributed by atoms with Crippen LogP contribution in [0.5, 0.6) is 0 Å². The van der Waals surface area contributed by atoms with Crippen LogP contribution >= 0.6 is 0 Å². The number of aromatic nitrogens is 2. The highest BCUT2D eigenvalue weighted by molar-refractivity contribution is 7.91. The van der Waals surface area contributed by atoms with E-state index in [-0.39, 0.29) is 29.8 Å². The van der Waals surface area contributed by atoms with E-state index in [0.29, 0.717) is 6.42 Å². The van der Waals surface area contributed by atoms with E-state index in [1.54, 1.807) is 0 Å². The number of rotatable bonds is 2. The van der Waals surface area contributed by atoms with Crippen LogP contribution in [-0.4, -0.2) is 35.4 Å². The highest BCUT2D eigenvalue weighted by atomic mass is 32.2. The maximum Gasteiger partial charge on any atom is 0.232 e. The van der Waals surface area contributed by atoms with Gasteiger partial charge < -0.3 is 0 Å². The van der Waals surface area contributed by atoms with Crippen molar-refractivity contribution in [1.82, 2.24) is 9.55 Å². The highest BCUT2D eigenvalue weighted by Crippen LogP contribution is 2.23. The molecule has 0 spiro atoms. The van der Waals surface area contributed by atoms with Gasteiger partial charge in [0.1, 0.15) is 6.33 Å². The second-order valence-electron chi connectivity index (χ2n) is 4.97. The molecule has 1 saturated heterocycles. The van der Waals surface area contributed by atoms with Gasteiger partial charge in [-0.3, -0.25) is 9.36 Å². The van der Waals surface area contributed by atoms with Crippen LogP contribution in [0.3, 0.4) is 0 Å². The van der Waals surface area contributed by atoms with Crippen molar-refractivity contribution in [3.05, 3.63) is 30.6 Å². The van der Waals surface area contributed by atoms with Crippen LogP contribution in [0.15, 0.2) is 30.6 Å². The molecule has 1 aliphatic rings. The van der Waals surface area contributed by atoms with E-state index in [1.807, 2.05) is 24.3 Å². The Morgan fingerprint density at radius 2 is 2.16 bits per heavy atom. The van der Waals surface area contributed by atoms with Crippen LogP contribution in [0.25, 0.3) is 11.0 Å². The molecule has 1 aromatic carbocycles. The van der Waals surface area contributed by atoms with Crippen LogP contribution in [-0.2, 0) is 9.84 Å². The third-order valence-corrected chi connectivity index (χ3v) is 5.35. The van der Waals surface area contributed by atoms with Crippen LogP contribution in [0, 0.1) is 5.92 Å². The van der Waals surface area contributed by atoms with Crippen LogP contribution in [0.1, 0.15) is 17.6 Å². The maximum atomic E-state index is 12.2. The highest BCUT2D eigenvalue weighted by Gasteiger charge is 2.29. The molecule has 1 aromatic heterocycles. The number of carbonyl (C=O) groups excluding carboxylic acids is 1. The van der Waals surface area contributed by atoms with Gasteiger partial charge in [0.25, 0.3) is 0 Å². The minimum absolute atomic E-state index is 0.0568. The van der Waals surface area contributed by atoms with Gasteiger partial charge in [-0.15, -0.1) is 0 Å². The van der Waals surface area contributed by atoms with Gasteiger partial charge >= 0.3 is 0 Å². The second-order valence-corrected chi connectivity index (χ2v) is 7.20. The largest absolute Gasteiger partial charge is 0.274 e. The summed E-state index contributed by atoms with van der Waals surface area (Å²) in [5, 5.41) is 0. The van der Waals surface area contributed by atoms with Gasteiger partial charge in [0.15, 0.2) is 9.84 Å². The Morgan fingerprint density at radius 1 is 1.37 bits per heavy atom. The van der Waals surface area contributed by atoms with E-state index in [9.17, 15) is 13.2 Å². The molecule has 2 heterocycles. The normalized spacial score (nSPS) is 21.8. The lowest BCUT2D eigenvalue weighted by Crippen LogP contribution is -2.15. The first kappa shape index (κ1) is 12.3. The molecule has 1 atom stereocenters. The quantitative estimate of drug-likeness (QED) is 0.834. The number of carbonyl (C=O) groups is 1. The number of fused-ring (bicyclic) bond motifs is 1. The summed E-state index contributed by atoms with van der Waals surface area (Å²) in [4.78, 5) is 16.4. The summed E-state index contributed by atoms with van der Waals surface area (Å²) in [6.45, 7) is 0. The number of imidazole rings is 1. The first-order valence-corrected chi connectivity index (χ1v) is 8.03. The number of sulfone groups is 1. The molecule has 1 aliphatic heterocycles. The average molecular weight is 278 g/mol. The van der Waals surface area contributed by atoms with Crippen molar-refractivity contribution in [3.8, 4) is 0 Å². The Balaban J connectivity index is 1.81. The lowest BCUT2D eigenvalue weighted by molar-refractivity contribution is 0.0889. The third kappa shape index (κ3) is 2.40. The van der Waals surface area contributed by atoms with Crippen LogP contribution in [0.2, 0.25) is 0 Å². The van der Waals surface area contributed by atoms with Crippen molar-refractivity contribution in [3.63, 3.8) is 0 Å². The third-order valence-electron chi connectivity index (χ3n) is 3.51. The van der Waals surface area contributed by atoms with Gasteiger partial charge in [-0.05, 0) is 24.5 Å². The summed E-state index contributed by atoms with van der Waals surface area (Å²) in [5.74, 6) is 0.190. The summed E-state index contributed by atoms with van der Waals surface area (Å²) < 4.78 is 24.3. The first-order valence-electron chi connectivity index (χ1n) is 6.21. The topological polar surface area (TPSA) is 69.0 Å². The van der Waals surface area contributed by atoms with Crippen LogP contribution in [0.4, 0.5) is 0 Å². The van der Waals surface area contributed by atoms with Gasteiger partial charge in [0.2, 0.25) is 5.91 Å². The zero-order chi connectivity index (χ0) is 13.5. The van der Waals surface area contributed by atoms with Crippen molar-refractivity contribution >= 4 is 26.8 Å². The number of hydrogen-bond acceptors (Lipinski definition) is 4. The predicted octanol–water partition coefficient (Wildman–Crippen LogP) is 1.50. The fraction of sp³-hybridized carbons (Fsp3) is 0.385. The summed E-state index contributed by atoms with van der Waals surface area (Å²) in [7, 11) is -2.93. The number of hydrogen-bond donors (Lipinski definition) is 0. The lowest BCUT2D eigenvalue weighted by Gasteiger charge is -2.07. The second kappa shape index (κ2) is 4.45. The maximum absolute atomic E-state index is 12.2. The van der Waals surface area contributed by atoms with Gasteiger partial charge in [0, 0.05) is 6.42 Å². The Morgan fingerprint density at radius 3 is 2.89 bits per heavy atom. The zero-order valence-electron chi connectivity index (χ0n) is 10.3. The standard InChI is InChI=1S/C13H14N2O3S/c16-13(7-10-5-6-19(17,18)8-10)15-9-14-11-3-1-2-4-12(11)15/h1-4,9-10H,5-8H2. The molecule has 19 heavy (non-hydrogen) atoms. The molecule has 0 bridgehead atoms. The molecule has 100 valence electrons. The summed E-state index contributed by atoms with van der Waals surface area (Å²) in [6.07, 6.45) is 2.36. The molecule has 0 saturated carbocycles.